The zero-order valence-electron chi connectivity index (χ0n) is 9.63. The maximum atomic E-state index is 5.51. The van der Waals surface area contributed by atoms with Gasteiger partial charge in [-0.15, -0.1) is 0 Å². The van der Waals surface area contributed by atoms with Crippen molar-refractivity contribution < 1.29 is 9.15 Å². The summed E-state index contributed by atoms with van der Waals surface area (Å²) in [6, 6.07) is 7.79. The first-order valence-corrected chi connectivity index (χ1v) is 5.62. The molecule has 0 aliphatic heterocycles. The average Bonchev–Trinajstić information content (AvgIpc) is 2.84. The van der Waals surface area contributed by atoms with Gasteiger partial charge in [-0.25, -0.2) is 0 Å². The van der Waals surface area contributed by atoms with E-state index >= 15 is 0 Å². The van der Waals surface area contributed by atoms with E-state index in [1.54, 1.807) is 12.5 Å². The van der Waals surface area contributed by atoms with Crippen LogP contribution in [0.25, 0.3) is 0 Å². The molecule has 2 heterocycles. The van der Waals surface area contributed by atoms with Crippen LogP contribution in [0.2, 0.25) is 0 Å². The van der Waals surface area contributed by atoms with Gasteiger partial charge in [-0.1, -0.05) is 6.07 Å². The Hall–Kier alpha value is -1.65. The van der Waals surface area contributed by atoms with Gasteiger partial charge in [0.15, 0.2) is 0 Å². The predicted octanol–water partition coefficient (Wildman–Crippen LogP) is 1.89. The maximum Gasteiger partial charge on any atom is 0.129 e. The van der Waals surface area contributed by atoms with Crippen molar-refractivity contribution in [3.8, 4) is 0 Å². The first-order chi connectivity index (χ1) is 8.38. The van der Waals surface area contributed by atoms with Gasteiger partial charge in [-0.05, 0) is 18.2 Å². The fourth-order valence-corrected chi connectivity index (χ4v) is 1.50. The molecule has 2 rings (SSSR count). The highest BCUT2D eigenvalue weighted by Crippen LogP contribution is 2.08. The van der Waals surface area contributed by atoms with Crippen molar-refractivity contribution in [2.75, 3.05) is 6.61 Å². The van der Waals surface area contributed by atoms with Crippen LogP contribution in [0.3, 0.4) is 0 Å². The minimum atomic E-state index is 0.479. The summed E-state index contributed by atoms with van der Waals surface area (Å²) in [6.45, 7) is 1.61. The molecule has 2 aromatic heterocycles. The standard InChI is InChI=1S/C13H16N2O2/c14-8-11-7-13(17-9-11)10-16-6-4-12-3-1-2-5-15-12/h1-3,5,7,9H,4,6,8,10,14H2. The molecule has 0 bridgehead atoms. The molecule has 2 N–H and O–H groups in total. The van der Waals surface area contributed by atoms with Crippen molar-refractivity contribution in [3.05, 3.63) is 53.7 Å². The summed E-state index contributed by atoms with van der Waals surface area (Å²) in [4.78, 5) is 4.22. The smallest absolute Gasteiger partial charge is 0.129 e. The van der Waals surface area contributed by atoms with Gasteiger partial charge < -0.3 is 14.9 Å². The maximum absolute atomic E-state index is 5.51. The molecular weight excluding hydrogens is 216 g/mol. The van der Waals surface area contributed by atoms with Gasteiger partial charge in [0.2, 0.25) is 0 Å². The van der Waals surface area contributed by atoms with E-state index in [9.17, 15) is 0 Å². The SMILES string of the molecule is NCc1coc(COCCc2ccccn2)c1. The summed E-state index contributed by atoms with van der Waals surface area (Å²) < 4.78 is 10.8. The molecule has 0 unspecified atom stereocenters. The van der Waals surface area contributed by atoms with Crippen LogP contribution in [0.5, 0.6) is 0 Å². The molecule has 2 aromatic rings. The van der Waals surface area contributed by atoms with E-state index < -0.39 is 0 Å². The first kappa shape index (κ1) is 11.8. The highest BCUT2D eigenvalue weighted by Gasteiger charge is 2.00. The topological polar surface area (TPSA) is 61.3 Å². The Morgan fingerprint density at radius 2 is 2.29 bits per heavy atom. The Kier molecular flexibility index (Phi) is 4.30. The normalized spacial score (nSPS) is 10.6. The molecule has 0 radical (unpaired) electrons. The Morgan fingerprint density at radius 1 is 1.35 bits per heavy atom. The van der Waals surface area contributed by atoms with Crippen LogP contribution in [-0.4, -0.2) is 11.6 Å². The van der Waals surface area contributed by atoms with E-state index in [-0.39, 0.29) is 0 Å². The molecule has 0 aliphatic rings. The third-order valence-corrected chi connectivity index (χ3v) is 2.42. The Bertz CT molecular complexity index is 440. The first-order valence-electron chi connectivity index (χ1n) is 5.62. The van der Waals surface area contributed by atoms with Gasteiger partial charge in [0.05, 0.1) is 12.9 Å². The number of nitrogens with two attached hydrogens (primary N) is 1. The quantitative estimate of drug-likeness (QED) is 0.773. The fraction of sp³-hybridized carbons (Fsp3) is 0.308. The summed E-state index contributed by atoms with van der Waals surface area (Å²) in [5, 5.41) is 0. The lowest BCUT2D eigenvalue weighted by atomic mass is 10.3. The van der Waals surface area contributed by atoms with Gasteiger partial charge in [0, 0.05) is 30.4 Å². The van der Waals surface area contributed by atoms with Crippen molar-refractivity contribution in [2.24, 2.45) is 5.73 Å². The van der Waals surface area contributed by atoms with E-state index in [1.807, 2.05) is 24.3 Å². The molecule has 4 nitrogen and oxygen atoms in total. The molecule has 0 spiro atoms. The number of hydrogen-bond acceptors (Lipinski definition) is 4. The predicted molar refractivity (Wildman–Crippen MR) is 64.2 cm³/mol. The number of hydrogen-bond donors (Lipinski definition) is 1. The molecule has 0 saturated carbocycles. The van der Waals surface area contributed by atoms with Crippen molar-refractivity contribution in [1.82, 2.24) is 4.98 Å². The fourth-order valence-electron chi connectivity index (χ4n) is 1.50. The second-order valence-corrected chi connectivity index (χ2v) is 3.75. The lowest BCUT2D eigenvalue weighted by Gasteiger charge is -2.01. The molecule has 0 amide bonds. The third-order valence-electron chi connectivity index (χ3n) is 2.42. The molecule has 17 heavy (non-hydrogen) atoms. The van der Waals surface area contributed by atoms with Crippen LogP contribution in [0.4, 0.5) is 0 Å². The molecule has 4 heteroatoms. The number of pyridine rings is 1. The van der Waals surface area contributed by atoms with Crippen molar-refractivity contribution in [3.63, 3.8) is 0 Å². The second kappa shape index (κ2) is 6.18. The minimum absolute atomic E-state index is 0.479. The molecule has 90 valence electrons. The zero-order valence-corrected chi connectivity index (χ0v) is 9.63. The summed E-state index contributed by atoms with van der Waals surface area (Å²) >= 11 is 0. The Labute approximate surface area is 100 Å². The largest absolute Gasteiger partial charge is 0.467 e. The molecule has 0 aliphatic carbocycles. The summed E-state index contributed by atoms with van der Waals surface area (Å²) in [5.41, 5.74) is 7.52. The average molecular weight is 232 g/mol. The third kappa shape index (κ3) is 3.69. The number of nitrogens with zero attached hydrogens (tertiary/aromatic N) is 1. The lowest BCUT2D eigenvalue weighted by molar-refractivity contribution is 0.108. The van der Waals surface area contributed by atoms with Crippen LogP contribution in [0.15, 0.2) is 41.1 Å². The molecular formula is C13H16N2O2. The second-order valence-electron chi connectivity index (χ2n) is 3.75. The monoisotopic (exact) mass is 232 g/mol. The summed E-state index contributed by atoms with van der Waals surface area (Å²) in [5.74, 6) is 0.812. The number of ether oxygens (including phenoxy) is 1. The van der Waals surface area contributed by atoms with Crippen molar-refractivity contribution in [2.45, 2.75) is 19.6 Å². The van der Waals surface area contributed by atoms with Gasteiger partial charge >= 0.3 is 0 Å². The Balaban J connectivity index is 1.69. The van der Waals surface area contributed by atoms with E-state index in [0.717, 1.165) is 23.4 Å². The van der Waals surface area contributed by atoms with Gasteiger partial charge in [-0.3, -0.25) is 4.98 Å². The zero-order chi connectivity index (χ0) is 11.9. The molecule has 0 fully saturated rings. The van der Waals surface area contributed by atoms with Gasteiger partial charge in [-0.2, -0.15) is 0 Å². The highest BCUT2D eigenvalue weighted by molar-refractivity contribution is 5.11. The van der Waals surface area contributed by atoms with Crippen LogP contribution in [0.1, 0.15) is 17.0 Å². The highest BCUT2D eigenvalue weighted by atomic mass is 16.5. The van der Waals surface area contributed by atoms with Gasteiger partial charge in [0.1, 0.15) is 12.4 Å². The van der Waals surface area contributed by atoms with E-state index in [0.29, 0.717) is 19.8 Å². The number of furan rings is 1. The van der Waals surface area contributed by atoms with Crippen LogP contribution in [-0.2, 0) is 24.3 Å². The number of rotatable bonds is 6. The van der Waals surface area contributed by atoms with E-state index in [4.69, 9.17) is 14.9 Å². The van der Waals surface area contributed by atoms with Crippen LogP contribution in [0, 0.1) is 0 Å². The molecule has 0 atom stereocenters. The van der Waals surface area contributed by atoms with Gasteiger partial charge in [0.25, 0.3) is 0 Å². The molecule has 0 saturated heterocycles. The summed E-state index contributed by atoms with van der Waals surface area (Å²) in [6.07, 6.45) is 4.26. The van der Waals surface area contributed by atoms with E-state index in [1.165, 1.54) is 0 Å². The Morgan fingerprint density at radius 3 is 3.00 bits per heavy atom. The minimum Gasteiger partial charge on any atom is -0.467 e. The number of aromatic nitrogens is 1. The van der Waals surface area contributed by atoms with Crippen molar-refractivity contribution in [1.29, 1.82) is 0 Å². The van der Waals surface area contributed by atoms with E-state index in [2.05, 4.69) is 4.98 Å². The molecule has 0 aromatic carbocycles. The van der Waals surface area contributed by atoms with Crippen LogP contribution >= 0.6 is 0 Å². The summed E-state index contributed by atoms with van der Waals surface area (Å²) in [7, 11) is 0. The van der Waals surface area contributed by atoms with Crippen LogP contribution < -0.4 is 5.73 Å². The van der Waals surface area contributed by atoms with Crippen molar-refractivity contribution >= 4 is 0 Å². The lowest BCUT2D eigenvalue weighted by Crippen LogP contribution is -2.00.